The Morgan fingerprint density at radius 2 is 2.04 bits per heavy atom. The van der Waals surface area contributed by atoms with Gasteiger partial charge in [-0.2, -0.15) is 0 Å². The van der Waals surface area contributed by atoms with E-state index in [0.717, 1.165) is 0 Å². The maximum absolute atomic E-state index is 12.3. The van der Waals surface area contributed by atoms with E-state index in [9.17, 15) is 9.59 Å². The molecule has 0 spiro atoms. The highest BCUT2D eigenvalue weighted by molar-refractivity contribution is 5.94. The summed E-state index contributed by atoms with van der Waals surface area (Å²) in [7, 11) is 1.54. The zero-order valence-corrected chi connectivity index (χ0v) is 15.5. The first-order chi connectivity index (χ1) is 11.8. The van der Waals surface area contributed by atoms with Crippen molar-refractivity contribution >= 4 is 11.7 Å². The average Bonchev–Trinajstić information content (AvgIpc) is 2.57. The molecule has 0 atom stereocenters. The zero-order valence-electron chi connectivity index (χ0n) is 15.5. The van der Waals surface area contributed by atoms with Crippen LogP contribution in [-0.2, 0) is 9.53 Å². The van der Waals surface area contributed by atoms with Crippen molar-refractivity contribution in [3.8, 4) is 11.5 Å². The lowest BCUT2D eigenvalue weighted by Crippen LogP contribution is -2.50. The Balaban J connectivity index is 1.81. The highest BCUT2D eigenvalue weighted by atomic mass is 16.5. The molecule has 0 bridgehead atoms. The molecule has 2 rings (SSSR count). The van der Waals surface area contributed by atoms with E-state index >= 15 is 0 Å². The highest BCUT2D eigenvalue weighted by Gasteiger charge is 2.29. The van der Waals surface area contributed by atoms with Gasteiger partial charge in [0.25, 0.3) is 0 Å². The minimum atomic E-state index is -0.282. The van der Waals surface area contributed by atoms with Crippen molar-refractivity contribution in [2.75, 3.05) is 33.4 Å². The summed E-state index contributed by atoms with van der Waals surface area (Å²) >= 11 is 0. The van der Waals surface area contributed by atoms with Gasteiger partial charge in [0.05, 0.1) is 25.9 Å². The summed E-state index contributed by atoms with van der Waals surface area (Å²) in [5.41, 5.74) is 0.297. The number of amides is 1. The summed E-state index contributed by atoms with van der Waals surface area (Å²) in [4.78, 5) is 25.6. The lowest BCUT2D eigenvalue weighted by atomic mass is 10.1. The minimum Gasteiger partial charge on any atom is -0.493 e. The number of rotatable bonds is 7. The molecule has 1 saturated heterocycles. The number of carbonyl (C=O) groups excluding carboxylic acids is 2. The summed E-state index contributed by atoms with van der Waals surface area (Å²) in [5.74, 6) is 1.20. The Kier molecular flexibility index (Phi) is 6.42. The molecule has 138 valence electrons. The van der Waals surface area contributed by atoms with Crippen LogP contribution in [-0.4, -0.2) is 55.6 Å². The van der Waals surface area contributed by atoms with Gasteiger partial charge in [-0.25, -0.2) is 0 Å². The van der Waals surface area contributed by atoms with Crippen molar-refractivity contribution in [3.05, 3.63) is 23.8 Å². The number of methoxy groups -OCH3 is 1. The van der Waals surface area contributed by atoms with Crippen LogP contribution < -0.4 is 9.47 Å². The van der Waals surface area contributed by atoms with Crippen molar-refractivity contribution in [2.45, 2.75) is 39.2 Å². The molecule has 1 heterocycles. The van der Waals surface area contributed by atoms with Crippen LogP contribution in [0.4, 0.5) is 0 Å². The summed E-state index contributed by atoms with van der Waals surface area (Å²) < 4.78 is 16.6. The largest absolute Gasteiger partial charge is 0.493 e. The van der Waals surface area contributed by atoms with Gasteiger partial charge in [0.1, 0.15) is 0 Å². The lowest BCUT2D eigenvalue weighted by Gasteiger charge is -2.38. The third-order valence-electron chi connectivity index (χ3n) is 4.14. The third-order valence-corrected chi connectivity index (χ3v) is 4.14. The van der Waals surface area contributed by atoms with Gasteiger partial charge in [-0.3, -0.25) is 9.59 Å². The smallest absolute Gasteiger partial charge is 0.222 e. The molecule has 1 aliphatic rings. The first kappa shape index (κ1) is 19.2. The summed E-state index contributed by atoms with van der Waals surface area (Å²) in [6, 6.07) is 5.10. The summed E-state index contributed by atoms with van der Waals surface area (Å²) in [6.45, 7) is 7.74. The Morgan fingerprint density at radius 1 is 1.28 bits per heavy atom. The van der Waals surface area contributed by atoms with Crippen molar-refractivity contribution in [2.24, 2.45) is 0 Å². The molecule has 0 N–H and O–H groups in total. The normalized spacial score (nSPS) is 16.4. The van der Waals surface area contributed by atoms with Crippen LogP contribution in [0, 0.1) is 0 Å². The minimum absolute atomic E-state index is 0.0242. The Bertz CT molecular complexity index is 626. The topological polar surface area (TPSA) is 65.1 Å². The molecule has 1 fully saturated rings. The first-order valence-electron chi connectivity index (χ1n) is 8.56. The number of ether oxygens (including phenoxy) is 3. The fraction of sp³-hybridized carbons (Fsp3) is 0.579. The van der Waals surface area contributed by atoms with E-state index in [0.29, 0.717) is 56.2 Å². The first-order valence-corrected chi connectivity index (χ1v) is 8.56. The predicted molar refractivity (Wildman–Crippen MR) is 94.3 cm³/mol. The molecule has 0 aromatic heterocycles. The number of ketones is 1. The molecule has 0 saturated carbocycles. The second-order valence-corrected chi connectivity index (χ2v) is 6.80. The number of nitrogens with zero attached hydrogens (tertiary/aromatic N) is 1. The van der Waals surface area contributed by atoms with E-state index in [1.165, 1.54) is 14.0 Å². The van der Waals surface area contributed by atoms with E-state index in [-0.39, 0.29) is 17.3 Å². The molecule has 6 heteroatoms. The summed E-state index contributed by atoms with van der Waals surface area (Å²) in [5, 5.41) is 0. The Morgan fingerprint density at radius 3 is 2.68 bits per heavy atom. The highest BCUT2D eigenvalue weighted by Crippen LogP contribution is 2.28. The molecule has 1 amide bonds. The molecule has 0 unspecified atom stereocenters. The van der Waals surface area contributed by atoms with Gasteiger partial charge in [-0.05, 0) is 45.4 Å². The van der Waals surface area contributed by atoms with Crippen LogP contribution in [0.1, 0.15) is 44.0 Å². The second-order valence-electron chi connectivity index (χ2n) is 6.80. The van der Waals surface area contributed by atoms with Gasteiger partial charge in [0.2, 0.25) is 5.91 Å². The van der Waals surface area contributed by atoms with Crippen molar-refractivity contribution in [1.29, 1.82) is 0 Å². The molecule has 25 heavy (non-hydrogen) atoms. The van der Waals surface area contributed by atoms with Gasteiger partial charge in [-0.15, -0.1) is 0 Å². The zero-order chi connectivity index (χ0) is 18.4. The van der Waals surface area contributed by atoms with E-state index in [2.05, 4.69) is 0 Å². The lowest BCUT2D eigenvalue weighted by molar-refractivity contribution is -0.146. The molecule has 1 aromatic carbocycles. The Hall–Kier alpha value is -2.08. The number of benzene rings is 1. The van der Waals surface area contributed by atoms with Crippen molar-refractivity contribution < 1.29 is 23.8 Å². The number of morpholine rings is 1. The Labute approximate surface area is 149 Å². The fourth-order valence-corrected chi connectivity index (χ4v) is 2.80. The molecule has 0 aliphatic carbocycles. The van der Waals surface area contributed by atoms with Gasteiger partial charge in [0, 0.05) is 25.1 Å². The third kappa shape index (κ3) is 5.46. The maximum atomic E-state index is 12.3. The number of carbonyl (C=O) groups is 2. The van der Waals surface area contributed by atoms with Gasteiger partial charge >= 0.3 is 0 Å². The van der Waals surface area contributed by atoms with E-state index in [1.54, 1.807) is 18.2 Å². The van der Waals surface area contributed by atoms with Crippen LogP contribution >= 0.6 is 0 Å². The molecule has 6 nitrogen and oxygen atoms in total. The van der Waals surface area contributed by atoms with Crippen LogP contribution in [0.5, 0.6) is 11.5 Å². The second kappa shape index (κ2) is 8.34. The summed E-state index contributed by atoms with van der Waals surface area (Å²) in [6.07, 6.45) is 1.05. The van der Waals surface area contributed by atoms with Crippen LogP contribution in [0.25, 0.3) is 0 Å². The van der Waals surface area contributed by atoms with E-state index < -0.39 is 0 Å². The van der Waals surface area contributed by atoms with E-state index in [1.807, 2.05) is 18.7 Å². The van der Waals surface area contributed by atoms with Crippen LogP contribution in [0.15, 0.2) is 18.2 Å². The molecular formula is C19H27NO5. The SMILES string of the molecule is COc1cc(C(C)=O)ccc1OCCCC(=O)N1CCOC(C)(C)C1. The van der Waals surface area contributed by atoms with Crippen molar-refractivity contribution in [1.82, 2.24) is 4.90 Å². The molecule has 1 aliphatic heterocycles. The van der Waals surface area contributed by atoms with Crippen LogP contribution in [0.2, 0.25) is 0 Å². The van der Waals surface area contributed by atoms with Gasteiger partial charge in [0.15, 0.2) is 17.3 Å². The molecular weight excluding hydrogens is 322 g/mol. The van der Waals surface area contributed by atoms with Crippen molar-refractivity contribution in [3.63, 3.8) is 0 Å². The monoisotopic (exact) mass is 349 g/mol. The molecule has 0 radical (unpaired) electrons. The van der Waals surface area contributed by atoms with Gasteiger partial charge < -0.3 is 19.1 Å². The van der Waals surface area contributed by atoms with Crippen LogP contribution in [0.3, 0.4) is 0 Å². The molecule has 1 aromatic rings. The van der Waals surface area contributed by atoms with E-state index in [4.69, 9.17) is 14.2 Å². The predicted octanol–water partition coefficient (Wildman–Crippen LogP) is 2.69. The number of hydrogen-bond acceptors (Lipinski definition) is 5. The average molecular weight is 349 g/mol. The fourth-order valence-electron chi connectivity index (χ4n) is 2.80. The van der Waals surface area contributed by atoms with Gasteiger partial charge in [-0.1, -0.05) is 0 Å². The standard InChI is InChI=1S/C19H27NO5/c1-14(21)15-7-8-16(17(12-15)23-4)24-10-5-6-18(22)20-9-11-25-19(2,3)13-20/h7-8,12H,5-6,9-11,13H2,1-4H3. The maximum Gasteiger partial charge on any atom is 0.222 e. The number of Topliss-reactive ketones (excluding diaryl/α,β-unsaturated/α-hetero) is 1. The number of hydrogen-bond donors (Lipinski definition) is 0. The quantitative estimate of drug-likeness (QED) is 0.559.